The summed E-state index contributed by atoms with van der Waals surface area (Å²) in [6.45, 7) is 2.06. The van der Waals surface area contributed by atoms with Crippen LogP contribution in [0.2, 0.25) is 5.02 Å². The molecule has 86 valence electrons. The zero-order chi connectivity index (χ0) is 11.7. The predicted molar refractivity (Wildman–Crippen MR) is 65.3 cm³/mol. The lowest BCUT2D eigenvalue weighted by Gasteiger charge is -2.20. The van der Waals surface area contributed by atoms with E-state index in [1.54, 1.807) is 14.2 Å². The molecule has 0 fully saturated rings. The first-order valence-corrected chi connectivity index (χ1v) is 5.51. The minimum Gasteiger partial charge on any atom is -0.493 e. The number of methoxy groups -OCH3 is 2. The number of benzene rings is 1. The summed E-state index contributed by atoms with van der Waals surface area (Å²) in [5.74, 6) is 1.25. The van der Waals surface area contributed by atoms with E-state index < -0.39 is 0 Å². The fourth-order valence-corrected chi connectivity index (χ4v) is 2.24. The van der Waals surface area contributed by atoms with Gasteiger partial charge in [-0.2, -0.15) is 0 Å². The molecule has 1 aliphatic heterocycles. The number of hydrogen-bond donors (Lipinski definition) is 0. The molecular weight excluding hydrogens is 226 g/mol. The smallest absolute Gasteiger partial charge is 0.179 e. The number of nitrogens with zero attached hydrogens (tertiary/aromatic N) is 1. The molecule has 2 rings (SSSR count). The standard InChI is InChI=1S/C12H14ClNO2/c1-7-4-9-8(6-14-7)5-10(15-2)12(16-3)11(9)13/h5-7H,4H2,1-3H3. The fourth-order valence-electron chi connectivity index (χ4n) is 1.89. The van der Waals surface area contributed by atoms with Gasteiger partial charge in [-0.3, -0.25) is 4.99 Å². The van der Waals surface area contributed by atoms with Crippen molar-refractivity contribution in [2.24, 2.45) is 4.99 Å². The van der Waals surface area contributed by atoms with Crippen molar-refractivity contribution in [1.29, 1.82) is 0 Å². The van der Waals surface area contributed by atoms with E-state index >= 15 is 0 Å². The molecule has 0 N–H and O–H groups in total. The van der Waals surface area contributed by atoms with Gasteiger partial charge in [0.25, 0.3) is 0 Å². The van der Waals surface area contributed by atoms with Crippen LogP contribution in [-0.4, -0.2) is 26.5 Å². The van der Waals surface area contributed by atoms with Crippen LogP contribution in [0.4, 0.5) is 0 Å². The summed E-state index contributed by atoms with van der Waals surface area (Å²) in [5.41, 5.74) is 2.10. The summed E-state index contributed by atoms with van der Waals surface area (Å²) in [7, 11) is 3.19. The molecule has 4 heteroatoms. The summed E-state index contributed by atoms with van der Waals surface area (Å²) in [6, 6.07) is 2.18. The Morgan fingerprint density at radius 1 is 1.38 bits per heavy atom. The van der Waals surface area contributed by atoms with Crippen molar-refractivity contribution >= 4 is 17.8 Å². The molecular formula is C12H14ClNO2. The molecule has 0 aromatic heterocycles. The predicted octanol–water partition coefficient (Wildman–Crippen LogP) is 2.72. The number of hydrogen-bond acceptors (Lipinski definition) is 3. The van der Waals surface area contributed by atoms with Crippen molar-refractivity contribution in [1.82, 2.24) is 0 Å². The van der Waals surface area contributed by atoms with E-state index in [1.165, 1.54) is 0 Å². The SMILES string of the molecule is COc1cc2c(c(Cl)c1OC)CC(C)N=C2. The molecule has 0 amide bonds. The first-order valence-electron chi connectivity index (χ1n) is 5.14. The van der Waals surface area contributed by atoms with Crippen molar-refractivity contribution in [3.63, 3.8) is 0 Å². The molecule has 1 aromatic carbocycles. The van der Waals surface area contributed by atoms with Crippen LogP contribution in [0.3, 0.4) is 0 Å². The van der Waals surface area contributed by atoms with Crippen molar-refractivity contribution in [2.45, 2.75) is 19.4 Å². The molecule has 0 aliphatic carbocycles. The molecule has 0 saturated carbocycles. The van der Waals surface area contributed by atoms with E-state index in [1.807, 2.05) is 12.3 Å². The molecule has 0 bridgehead atoms. The van der Waals surface area contributed by atoms with Gasteiger partial charge >= 0.3 is 0 Å². The van der Waals surface area contributed by atoms with E-state index in [4.69, 9.17) is 21.1 Å². The highest BCUT2D eigenvalue weighted by Gasteiger charge is 2.21. The van der Waals surface area contributed by atoms with Crippen molar-refractivity contribution in [2.75, 3.05) is 14.2 Å². The minimum absolute atomic E-state index is 0.267. The van der Waals surface area contributed by atoms with Crippen molar-refractivity contribution in [3.8, 4) is 11.5 Å². The van der Waals surface area contributed by atoms with Gasteiger partial charge in [0, 0.05) is 11.8 Å². The van der Waals surface area contributed by atoms with E-state index in [9.17, 15) is 0 Å². The van der Waals surface area contributed by atoms with Crippen molar-refractivity contribution in [3.05, 3.63) is 22.2 Å². The van der Waals surface area contributed by atoms with Crippen LogP contribution in [0.1, 0.15) is 18.1 Å². The highest BCUT2D eigenvalue weighted by atomic mass is 35.5. The Balaban J connectivity index is 2.60. The van der Waals surface area contributed by atoms with Crippen molar-refractivity contribution < 1.29 is 9.47 Å². The van der Waals surface area contributed by atoms with Gasteiger partial charge < -0.3 is 9.47 Å². The quantitative estimate of drug-likeness (QED) is 0.795. The minimum atomic E-state index is 0.267. The number of rotatable bonds is 2. The number of aliphatic imine (C=N–C) groups is 1. The topological polar surface area (TPSA) is 30.8 Å². The van der Waals surface area contributed by atoms with Gasteiger partial charge in [0.15, 0.2) is 11.5 Å². The molecule has 1 aromatic rings. The Bertz CT molecular complexity index is 443. The van der Waals surface area contributed by atoms with Gasteiger partial charge in [-0.15, -0.1) is 0 Å². The molecule has 0 spiro atoms. The van der Waals surface area contributed by atoms with E-state index in [2.05, 4.69) is 11.9 Å². The van der Waals surface area contributed by atoms with Gasteiger partial charge in [0.1, 0.15) is 0 Å². The third-order valence-corrected chi connectivity index (χ3v) is 3.11. The Labute approximate surface area is 100 Å². The van der Waals surface area contributed by atoms with Crippen LogP contribution in [0.15, 0.2) is 11.1 Å². The fraction of sp³-hybridized carbons (Fsp3) is 0.417. The van der Waals surface area contributed by atoms with E-state index in [-0.39, 0.29) is 6.04 Å². The van der Waals surface area contributed by atoms with Crippen LogP contribution < -0.4 is 9.47 Å². The zero-order valence-corrected chi connectivity index (χ0v) is 10.3. The van der Waals surface area contributed by atoms with Crippen LogP contribution in [0.25, 0.3) is 0 Å². The lowest BCUT2D eigenvalue weighted by Crippen LogP contribution is -2.13. The van der Waals surface area contributed by atoms with E-state index in [0.29, 0.717) is 16.5 Å². The molecule has 1 heterocycles. The largest absolute Gasteiger partial charge is 0.493 e. The van der Waals surface area contributed by atoms with Gasteiger partial charge in [-0.25, -0.2) is 0 Å². The summed E-state index contributed by atoms with van der Waals surface area (Å²) >= 11 is 6.31. The Kier molecular flexibility index (Phi) is 3.06. The second-order valence-corrected chi connectivity index (χ2v) is 4.20. The van der Waals surface area contributed by atoms with Crippen LogP contribution in [-0.2, 0) is 6.42 Å². The maximum Gasteiger partial charge on any atom is 0.179 e. The first-order chi connectivity index (χ1) is 7.67. The molecule has 1 unspecified atom stereocenters. The maximum atomic E-state index is 6.31. The summed E-state index contributed by atoms with van der Waals surface area (Å²) in [5, 5.41) is 0.634. The number of halogens is 1. The van der Waals surface area contributed by atoms with Crippen LogP contribution >= 0.6 is 11.6 Å². The van der Waals surface area contributed by atoms with Gasteiger partial charge in [-0.1, -0.05) is 11.6 Å². The third kappa shape index (κ3) is 1.76. The normalized spacial score (nSPS) is 18.1. The molecule has 0 radical (unpaired) electrons. The monoisotopic (exact) mass is 239 g/mol. The van der Waals surface area contributed by atoms with Crippen LogP contribution in [0.5, 0.6) is 11.5 Å². The summed E-state index contributed by atoms with van der Waals surface area (Å²) in [6.07, 6.45) is 2.68. The second-order valence-electron chi connectivity index (χ2n) is 3.83. The Morgan fingerprint density at radius 2 is 2.12 bits per heavy atom. The Morgan fingerprint density at radius 3 is 2.75 bits per heavy atom. The highest BCUT2D eigenvalue weighted by molar-refractivity contribution is 6.33. The lowest BCUT2D eigenvalue weighted by atomic mass is 9.98. The maximum absolute atomic E-state index is 6.31. The van der Waals surface area contributed by atoms with E-state index in [0.717, 1.165) is 17.5 Å². The summed E-state index contributed by atoms with van der Waals surface area (Å²) < 4.78 is 10.5. The second kappa shape index (κ2) is 4.34. The average molecular weight is 240 g/mol. The first kappa shape index (κ1) is 11.3. The molecule has 0 saturated heterocycles. The number of ether oxygens (including phenoxy) is 2. The number of fused-ring (bicyclic) bond motifs is 1. The Hall–Kier alpha value is -1.22. The lowest BCUT2D eigenvalue weighted by molar-refractivity contribution is 0.354. The molecule has 1 atom stereocenters. The van der Waals surface area contributed by atoms with Gasteiger partial charge in [0.2, 0.25) is 0 Å². The molecule has 16 heavy (non-hydrogen) atoms. The third-order valence-electron chi connectivity index (χ3n) is 2.71. The average Bonchev–Trinajstić information content (AvgIpc) is 2.29. The zero-order valence-electron chi connectivity index (χ0n) is 9.58. The van der Waals surface area contributed by atoms with Crippen LogP contribution in [0, 0.1) is 0 Å². The summed E-state index contributed by atoms with van der Waals surface area (Å²) in [4.78, 5) is 4.36. The van der Waals surface area contributed by atoms with Gasteiger partial charge in [-0.05, 0) is 25.0 Å². The van der Waals surface area contributed by atoms with Gasteiger partial charge in [0.05, 0.1) is 25.3 Å². The highest BCUT2D eigenvalue weighted by Crippen LogP contribution is 2.40. The molecule has 3 nitrogen and oxygen atoms in total. The molecule has 1 aliphatic rings.